The Morgan fingerprint density at radius 3 is 1.26 bits per heavy atom. The fourth-order valence-corrected chi connectivity index (χ4v) is 6.69. The average Bonchev–Trinajstić information content (AvgIpc) is 3.18. The summed E-state index contributed by atoms with van der Waals surface area (Å²) in [6.07, 6.45) is 7.72. The largest absolute Gasteiger partial charge is 0.318 e. The van der Waals surface area contributed by atoms with Crippen LogP contribution in [0, 0.1) is 41.5 Å². The van der Waals surface area contributed by atoms with Crippen LogP contribution < -0.4 is 0 Å². The lowest BCUT2D eigenvalue weighted by Crippen LogP contribution is -2.28. The molecule has 5 rings (SSSR count). The van der Waals surface area contributed by atoms with Gasteiger partial charge in [0.25, 0.3) is 0 Å². The molecule has 0 unspecified atom stereocenters. The monoisotopic (exact) mass is 464 g/mol. The lowest BCUT2D eigenvalue weighted by atomic mass is 9.69. The van der Waals surface area contributed by atoms with Gasteiger partial charge in [0, 0.05) is 39.6 Å². The quantitative estimate of drug-likeness (QED) is 0.267. The Kier molecular flexibility index (Phi) is 6.25. The summed E-state index contributed by atoms with van der Waals surface area (Å²) in [6.45, 7) is 13.6. The van der Waals surface area contributed by atoms with Gasteiger partial charge in [-0.15, -0.1) is 0 Å². The Morgan fingerprint density at radius 1 is 0.514 bits per heavy atom. The number of hydrogen-bond acceptors (Lipinski definition) is 0. The lowest BCUT2D eigenvalue weighted by Gasteiger charge is -2.34. The van der Waals surface area contributed by atoms with E-state index >= 15 is 0 Å². The van der Waals surface area contributed by atoms with E-state index in [2.05, 4.69) is 111 Å². The van der Waals surface area contributed by atoms with Crippen LogP contribution in [-0.4, -0.2) is 9.13 Å². The van der Waals surface area contributed by atoms with Crippen molar-refractivity contribution in [2.24, 2.45) is 0 Å². The van der Waals surface area contributed by atoms with Crippen molar-refractivity contribution in [3.05, 3.63) is 106 Å². The molecule has 0 bridgehead atoms. The molecule has 2 heteroatoms. The third-order valence-corrected chi connectivity index (χ3v) is 8.43. The number of rotatable bonds is 4. The molecule has 2 aromatic carbocycles. The van der Waals surface area contributed by atoms with Crippen molar-refractivity contribution in [2.45, 2.75) is 85.5 Å². The second-order valence-corrected chi connectivity index (χ2v) is 10.9. The Morgan fingerprint density at radius 2 is 0.886 bits per heavy atom. The van der Waals surface area contributed by atoms with Gasteiger partial charge < -0.3 is 9.13 Å². The number of aromatic nitrogens is 2. The topological polar surface area (TPSA) is 9.86 Å². The highest BCUT2D eigenvalue weighted by atomic mass is 15.0. The van der Waals surface area contributed by atoms with E-state index < -0.39 is 0 Å². The standard InChI is InChI=1S/C33H40N2/c1-23-11-15-29(16-12-23)34-25(3)21-31(27(34)5)33(19-9-7-8-10-20-33)32-22-26(4)35(28(32)6)30-17-13-24(2)14-18-30/h11-18,21-22H,7-10,19-20H2,1-6H3. The minimum Gasteiger partial charge on any atom is -0.318 e. The van der Waals surface area contributed by atoms with Gasteiger partial charge in [-0.05, 0) is 102 Å². The summed E-state index contributed by atoms with van der Waals surface area (Å²) in [4.78, 5) is 0. The highest BCUT2D eigenvalue weighted by Gasteiger charge is 2.40. The predicted molar refractivity (Wildman–Crippen MR) is 148 cm³/mol. The second kappa shape index (κ2) is 9.22. The minimum atomic E-state index is 0.0616. The number of hydrogen-bond donors (Lipinski definition) is 0. The fraction of sp³-hybridized carbons (Fsp3) is 0.394. The van der Waals surface area contributed by atoms with E-state index in [-0.39, 0.29) is 5.41 Å². The molecular formula is C33H40N2. The van der Waals surface area contributed by atoms with Crippen molar-refractivity contribution in [2.75, 3.05) is 0 Å². The summed E-state index contributed by atoms with van der Waals surface area (Å²) < 4.78 is 4.95. The molecule has 0 atom stereocenters. The molecule has 35 heavy (non-hydrogen) atoms. The number of nitrogens with zero attached hydrogens (tertiary/aromatic N) is 2. The summed E-state index contributed by atoms with van der Waals surface area (Å²) >= 11 is 0. The molecular weight excluding hydrogens is 424 g/mol. The van der Waals surface area contributed by atoms with Crippen LogP contribution in [0.25, 0.3) is 11.4 Å². The van der Waals surface area contributed by atoms with Crippen LogP contribution in [-0.2, 0) is 5.41 Å². The van der Waals surface area contributed by atoms with Gasteiger partial charge in [0.1, 0.15) is 0 Å². The van der Waals surface area contributed by atoms with Crippen molar-refractivity contribution >= 4 is 0 Å². The molecule has 0 amide bonds. The first-order valence-electron chi connectivity index (χ1n) is 13.3. The smallest absolute Gasteiger partial charge is 0.0455 e. The molecule has 4 aromatic rings. The van der Waals surface area contributed by atoms with Gasteiger partial charge in [0.15, 0.2) is 0 Å². The molecule has 0 N–H and O–H groups in total. The van der Waals surface area contributed by atoms with Gasteiger partial charge >= 0.3 is 0 Å². The van der Waals surface area contributed by atoms with Gasteiger partial charge in [0.05, 0.1) is 0 Å². The molecule has 1 aliphatic carbocycles. The fourth-order valence-electron chi connectivity index (χ4n) is 6.69. The molecule has 0 radical (unpaired) electrons. The van der Waals surface area contributed by atoms with Crippen LogP contribution in [0.4, 0.5) is 0 Å². The normalized spacial score (nSPS) is 15.8. The molecule has 0 spiro atoms. The van der Waals surface area contributed by atoms with Gasteiger partial charge in [-0.1, -0.05) is 61.1 Å². The highest BCUT2D eigenvalue weighted by Crippen LogP contribution is 2.48. The molecule has 182 valence electrons. The van der Waals surface area contributed by atoms with E-state index in [4.69, 9.17) is 0 Å². The first-order chi connectivity index (χ1) is 16.8. The van der Waals surface area contributed by atoms with Crippen LogP contribution in [0.1, 0.15) is 83.6 Å². The van der Waals surface area contributed by atoms with Crippen molar-refractivity contribution < 1.29 is 0 Å². The van der Waals surface area contributed by atoms with Gasteiger partial charge in [-0.2, -0.15) is 0 Å². The molecule has 0 saturated heterocycles. The zero-order valence-electron chi connectivity index (χ0n) is 22.4. The summed E-state index contributed by atoms with van der Waals surface area (Å²) in [7, 11) is 0. The van der Waals surface area contributed by atoms with Gasteiger partial charge in [0.2, 0.25) is 0 Å². The van der Waals surface area contributed by atoms with E-state index in [9.17, 15) is 0 Å². The summed E-state index contributed by atoms with van der Waals surface area (Å²) in [5.74, 6) is 0. The van der Waals surface area contributed by atoms with E-state index in [0.717, 1.165) is 0 Å². The maximum atomic E-state index is 2.50. The predicted octanol–water partition coefficient (Wildman–Crippen LogP) is 8.76. The second-order valence-electron chi connectivity index (χ2n) is 10.9. The third kappa shape index (κ3) is 4.07. The van der Waals surface area contributed by atoms with Gasteiger partial charge in [-0.25, -0.2) is 0 Å². The average molecular weight is 465 g/mol. The first-order valence-corrected chi connectivity index (χ1v) is 13.3. The van der Waals surface area contributed by atoms with E-state index in [1.807, 2.05) is 0 Å². The van der Waals surface area contributed by atoms with Crippen LogP contribution in [0.2, 0.25) is 0 Å². The molecule has 2 aromatic heterocycles. The Bertz CT molecular complexity index is 1220. The summed E-state index contributed by atoms with van der Waals surface area (Å²) in [5, 5.41) is 0. The third-order valence-electron chi connectivity index (χ3n) is 8.43. The van der Waals surface area contributed by atoms with Crippen molar-refractivity contribution in [3.8, 4) is 11.4 Å². The minimum absolute atomic E-state index is 0.0616. The maximum Gasteiger partial charge on any atom is 0.0455 e. The Hall–Kier alpha value is -3.00. The van der Waals surface area contributed by atoms with Crippen LogP contribution >= 0.6 is 0 Å². The number of aryl methyl sites for hydroxylation is 4. The zero-order valence-corrected chi connectivity index (χ0v) is 22.4. The van der Waals surface area contributed by atoms with Crippen molar-refractivity contribution in [1.82, 2.24) is 9.13 Å². The van der Waals surface area contributed by atoms with Crippen LogP contribution in [0.3, 0.4) is 0 Å². The maximum absolute atomic E-state index is 2.50. The molecule has 1 aliphatic rings. The van der Waals surface area contributed by atoms with Gasteiger partial charge in [-0.3, -0.25) is 0 Å². The van der Waals surface area contributed by atoms with E-state index in [1.54, 1.807) is 0 Å². The van der Waals surface area contributed by atoms with E-state index in [0.29, 0.717) is 0 Å². The van der Waals surface area contributed by atoms with Crippen molar-refractivity contribution in [1.29, 1.82) is 0 Å². The first kappa shape index (κ1) is 23.7. The van der Waals surface area contributed by atoms with E-state index in [1.165, 1.54) is 94.9 Å². The molecule has 1 saturated carbocycles. The molecule has 2 heterocycles. The summed E-state index contributed by atoms with van der Waals surface area (Å²) in [5.41, 5.74) is 13.7. The van der Waals surface area contributed by atoms with Crippen molar-refractivity contribution in [3.63, 3.8) is 0 Å². The zero-order chi connectivity index (χ0) is 24.7. The summed E-state index contributed by atoms with van der Waals surface area (Å²) in [6, 6.07) is 23.0. The Labute approximate surface area is 211 Å². The molecule has 2 nitrogen and oxygen atoms in total. The van der Waals surface area contributed by atoms with Crippen LogP contribution in [0.5, 0.6) is 0 Å². The SMILES string of the molecule is Cc1ccc(-n2c(C)cc(C3(c4cc(C)n(-c5ccc(C)cc5)c4C)CCCCCC3)c2C)cc1. The number of benzene rings is 2. The highest BCUT2D eigenvalue weighted by molar-refractivity contribution is 5.53. The van der Waals surface area contributed by atoms with Crippen LogP contribution in [0.15, 0.2) is 60.7 Å². The lowest BCUT2D eigenvalue weighted by molar-refractivity contribution is 0.441. The molecule has 0 aliphatic heterocycles. The molecule has 1 fully saturated rings. The Balaban J connectivity index is 1.71.